The minimum atomic E-state index is -0.357. The van der Waals surface area contributed by atoms with Crippen LogP contribution in [0.4, 0.5) is 10.2 Å². The number of fused-ring (bicyclic) bond motifs is 1. The minimum Gasteiger partial charge on any atom is -0.380 e. The van der Waals surface area contributed by atoms with E-state index in [-0.39, 0.29) is 18.0 Å². The van der Waals surface area contributed by atoms with Gasteiger partial charge in [0.05, 0.1) is 18.3 Å². The molecule has 0 bridgehead atoms. The summed E-state index contributed by atoms with van der Waals surface area (Å²) in [4.78, 5) is 10.1. The maximum atomic E-state index is 14.2. The molecule has 3 aromatic rings. The molecule has 4 rings (SSSR count). The molecule has 1 saturated heterocycles. The lowest BCUT2D eigenvalue weighted by Crippen LogP contribution is -2.27. The number of hydrogen-bond acceptors (Lipinski definition) is 6. The van der Waals surface area contributed by atoms with Gasteiger partial charge < -0.3 is 9.64 Å². The first kappa shape index (κ1) is 14.0. The highest BCUT2D eigenvalue weighted by Gasteiger charge is 2.38. The van der Waals surface area contributed by atoms with Crippen molar-refractivity contribution in [2.24, 2.45) is 0 Å². The Morgan fingerprint density at radius 3 is 3.04 bits per heavy atom. The molecule has 7 nitrogen and oxygen atoms in total. The first-order valence-electron chi connectivity index (χ1n) is 7.32. The van der Waals surface area contributed by atoms with Crippen molar-refractivity contribution in [1.29, 1.82) is 0 Å². The zero-order valence-corrected chi connectivity index (χ0v) is 12.5. The van der Waals surface area contributed by atoms with Crippen molar-refractivity contribution < 1.29 is 9.13 Å². The zero-order valence-electron chi connectivity index (χ0n) is 12.5. The number of anilines is 1. The van der Waals surface area contributed by atoms with Crippen molar-refractivity contribution in [2.75, 3.05) is 18.6 Å². The predicted molar refractivity (Wildman–Crippen MR) is 80.5 cm³/mol. The molecule has 2 atom stereocenters. The van der Waals surface area contributed by atoms with Crippen LogP contribution in [0.15, 0.2) is 36.9 Å². The maximum Gasteiger partial charge on any atom is 0.179 e. The van der Waals surface area contributed by atoms with E-state index in [4.69, 9.17) is 4.74 Å². The normalized spacial score (nSPS) is 21.2. The number of hydrogen-bond donors (Lipinski definition) is 0. The molecule has 1 aliphatic heterocycles. The number of methoxy groups -OCH3 is 1. The monoisotopic (exact) mass is 314 g/mol. The standard InChI is InChI=1S/C15H15FN6O/c1-23-10-7-12(15-20-19-13-8-17-5-6-21(13)15)22(9-10)14-11(16)3-2-4-18-14/h2-6,8,10,12H,7,9H2,1H3/t10-,12+/m1/s1. The highest BCUT2D eigenvalue weighted by atomic mass is 19.1. The lowest BCUT2D eigenvalue weighted by atomic mass is 10.2. The SMILES string of the molecule is CO[C@@H]1C[C@@H](c2nnc3cnccn23)N(c2ncccc2F)C1. The van der Waals surface area contributed by atoms with E-state index in [1.54, 1.807) is 38.0 Å². The van der Waals surface area contributed by atoms with Crippen LogP contribution in [0, 0.1) is 5.82 Å². The quantitative estimate of drug-likeness (QED) is 0.732. The Morgan fingerprint density at radius 1 is 1.30 bits per heavy atom. The van der Waals surface area contributed by atoms with Gasteiger partial charge in [-0.05, 0) is 12.1 Å². The Morgan fingerprint density at radius 2 is 2.22 bits per heavy atom. The van der Waals surface area contributed by atoms with Gasteiger partial charge in [0.2, 0.25) is 0 Å². The summed E-state index contributed by atoms with van der Waals surface area (Å²) >= 11 is 0. The molecular weight excluding hydrogens is 299 g/mol. The zero-order chi connectivity index (χ0) is 15.8. The van der Waals surface area contributed by atoms with Crippen LogP contribution >= 0.6 is 0 Å². The fourth-order valence-corrected chi connectivity index (χ4v) is 3.03. The van der Waals surface area contributed by atoms with E-state index in [1.807, 2.05) is 9.30 Å². The summed E-state index contributed by atoms with van der Waals surface area (Å²) in [6, 6.07) is 2.82. The molecule has 1 fully saturated rings. The third kappa shape index (κ3) is 2.31. The maximum absolute atomic E-state index is 14.2. The van der Waals surface area contributed by atoms with E-state index in [0.29, 0.717) is 24.4 Å². The second-order valence-corrected chi connectivity index (χ2v) is 5.43. The third-order valence-electron chi connectivity index (χ3n) is 4.15. The van der Waals surface area contributed by atoms with Gasteiger partial charge in [0.15, 0.2) is 23.1 Å². The largest absolute Gasteiger partial charge is 0.380 e. The van der Waals surface area contributed by atoms with E-state index in [1.165, 1.54) is 6.07 Å². The summed E-state index contributed by atoms with van der Waals surface area (Å²) in [6.07, 6.45) is 7.38. The summed E-state index contributed by atoms with van der Waals surface area (Å²) in [5.74, 6) is 0.680. The number of rotatable bonds is 3. The van der Waals surface area contributed by atoms with Crippen LogP contribution in [0.1, 0.15) is 18.3 Å². The molecule has 0 unspecified atom stereocenters. The van der Waals surface area contributed by atoms with Crippen molar-refractivity contribution in [1.82, 2.24) is 24.6 Å². The van der Waals surface area contributed by atoms with Crippen LogP contribution in [0.5, 0.6) is 0 Å². The van der Waals surface area contributed by atoms with Crippen LogP contribution in [0.2, 0.25) is 0 Å². The fraction of sp³-hybridized carbons (Fsp3) is 0.333. The lowest BCUT2D eigenvalue weighted by Gasteiger charge is -2.24. The Kier molecular flexibility index (Phi) is 3.38. The second kappa shape index (κ2) is 5.54. The van der Waals surface area contributed by atoms with Crippen LogP contribution in [0.3, 0.4) is 0 Å². The van der Waals surface area contributed by atoms with Gasteiger partial charge in [-0.3, -0.25) is 9.38 Å². The average Bonchev–Trinajstić information content (AvgIpc) is 3.18. The van der Waals surface area contributed by atoms with Crippen LogP contribution in [0.25, 0.3) is 5.65 Å². The number of ether oxygens (including phenoxy) is 1. The van der Waals surface area contributed by atoms with Gasteiger partial charge in [0.25, 0.3) is 0 Å². The van der Waals surface area contributed by atoms with Gasteiger partial charge >= 0.3 is 0 Å². The molecule has 0 radical (unpaired) electrons. The summed E-state index contributed by atoms with van der Waals surface area (Å²) < 4.78 is 21.5. The molecule has 8 heteroatoms. The molecule has 23 heavy (non-hydrogen) atoms. The molecule has 0 aliphatic carbocycles. The molecule has 118 valence electrons. The minimum absolute atomic E-state index is 0.0180. The Bertz CT molecular complexity index is 837. The predicted octanol–water partition coefficient (Wildman–Crippen LogP) is 1.62. The van der Waals surface area contributed by atoms with E-state index in [2.05, 4.69) is 20.2 Å². The van der Waals surface area contributed by atoms with Crippen molar-refractivity contribution in [2.45, 2.75) is 18.6 Å². The molecule has 0 N–H and O–H groups in total. The molecule has 0 aromatic carbocycles. The topological polar surface area (TPSA) is 68.4 Å². The molecular formula is C15H15FN6O. The number of pyridine rings is 1. The molecule has 4 heterocycles. The highest BCUT2D eigenvalue weighted by molar-refractivity contribution is 5.45. The van der Waals surface area contributed by atoms with Crippen molar-refractivity contribution in [3.8, 4) is 0 Å². The summed E-state index contributed by atoms with van der Waals surface area (Å²) in [5.41, 5.74) is 0.657. The fourth-order valence-electron chi connectivity index (χ4n) is 3.03. The molecule has 0 saturated carbocycles. The molecule has 0 spiro atoms. The average molecular weight is 314 g/mol. The van der Waals surface area contributed by atoms with Gasteiger partial charge in [0, 0.05) is 38.7 Å². The number of nitrogens with zero attached hydrogens (tertiary/aromatic N) is 6. The van der Waals surface area contributed by atoms with E-state index in [0.717, 1.165) is 5.82 Å². The van der Waals surface area contributed by atoms with Crippen molar-refractivity contribution in [3.05, 3.63) is 48.6 Å². The first-order valence-corrected chi connectivity index (χ1v) is 7.32. The summed E-state index contributed by atoms with van der Waals surface area (Å²) in [5, 5.41) is 8.41. The summed E-state index contributed by atoms with van der Waals surface area (Å²) in [7, 11) is 1.66. The van der Waals surface area contributed by atoms with Gasteiger partial charge in [-0.15, -0.1) is 10.2 Å². The van der Waals surface area contributed by atoms with E-state index < -0.39 is 0 Å². The first-order chi connectivity index (χ1) is 11.3. The third-order valence-corrected chi connectivity index (χ3v) is 4.15. The van der Waals surface area contributed by atoms with Crippen molar-refractivity contribution in [3.63, 3.8) is 0 Å². The smallest absolute Gasteiger partial charge is 0.179 e. The van der Waals surface area contributed by atoms with E-state index in [9.17, 15) is 4.39 Å². The van der Waals surface area contributed by atoms with Gasteiger partial charge in [0.1, 0.15) is 0 Å². The molecule has 1 aliphatic rings. The Labute approximate surface area is 131 Å². The van der Waals surface area contributed by atoms with Crippen LogP contribution < -0.4 is 4.90 Å². The number of halogens is 1. The second-order valence-electron chi connectivity index (χ2n) is 5.43. The summed E-state index contributed by atoms with van der Waals surface area (Å²) in [6.45, 7) is 0.551. The van der Waals surface area contributed by atoms with Crippen molar-refractivity contribution >= 4 is 11.5 Å². The molecule has 3 aromatic heterocycles. The Hall–Kier alpha value is -2.61. The highest BCUT2D eigenvalue weighted by Crippen LogP contribution is 2.36. The van der Waals surface area contributed by atoms with Crippen LogP contribution in [-0.4, -0.2) is 44.3 Å². The van der Waals surface area contributed by atoms with Gasteiger partial charge in [-0.2, -0.15) is 0 Å². The van der Waals surface area contributed by atoms with Gasteiger partial charge in [-0.25, -0.2) is 9.37 Å². The van der Waals surface area contributed by atoms with E-state index >= 15 is 0 Å². The molecule has 0 amide bonds. The lowest BCUT2D eigenvalue weighted by molar-refractivity contribution is 0.118. The van der Waals surface area contributed by atoms with Crippen LogP contribution in [-0.2, 0) is 4.74 Å². The van der Waals surface area contributed by atoms with Gasteiger partial charge in [-0.1, -0.05) is 0 Å². The Balaban J connectivity index is 1.80. The number of aromatic nitrogens is 5.